The number of fused-ring (bicyclic) bond motifs is 1. The van der Waals surface area contributed by atoms with Gasteiger partial charge in [0, 0.05) is 11.8 Å². The number of nitriles is 1. The number of pyridine rings is 1. The molecule has 2 aromatic heterocycles. The Bertz CT molecular complexity index is 1500. The number of rotatable bonds is 6. The van der Waals surface area contributed by atoms with E-state index in [9.17, 15) is 13.7 Å². The van der Waals surface area contributed by atoms with Crippen molar-refractivity contribution in [1.82, 2.24) is 9.38 Å². The molecule has 0 amide bonds. The summed E-state index contributed by atoms with van der Waals surface area (Å²) in [6, 6.07) is 17.4. The third-order valence-corrected chi connectivity index (χ3v) is 7.38. The molecule has 0 spiro atoms. The van der Waals surface area contributed by atoms with Crippen molar-refractivity contribution in [3.8, 4) is 28.8 Å². The van der Waals surface area contributed by atoms with Crippen molar-refractivity contribution >= 4 is 27.1 Å². The molecule has 0 saturated carbocycles. The first-order chi connectivity index (χ1) is 15.7. The average Bonchev–Trinajstić information content (AvgIpc) is 3.20. The summed E-state index contributed by atoms with van der Waals surface area (Å²) < 4.78 is 32.3. The molecular weight excluding hydrogens is 458 g/mol. The highest BCUT2D eigenvalue weighted by molar-refractivity contribution is 7.91. The minimum atomic E-state index is -3.35. The molecule has 0 radical (unpaired) electrons. The van der Waals surface area contributed by atoms with Crippen LogP contribution in [-0.4, -0.2) is 23.6 Å². The lowest BCUT2D eigenvalue weighted by Gasteiger charge is -2.13. The lowest BCUT2D eigenvalue weighted by Crippen LogP contribution is -2.03. The summed E-state index contributed by atoms with van der Waals surface area (Å²) in [5.74, 6) is 1.01. The Balaban J connectivity index is 1.83. The zero-order valence-electron chi connectivity index (χ0n) is 18.4. The molecule has 0 unspecified atom stereocenters. The van der Waals surface area contributed by atoms with Crippen molar-refractivity contribution in [3.63, 3.8) is 0 Å². The summed E-state index contributed by atoms with van der Waals surface area (Å²) >= 11 is 6.60. The summed E-state index contributed by atoms with van der Waals surface area (Å²) in [7, 11) is -3.35. The molecule has 6 nitrogen and oxygen atoms in total. The number of halogens is 1. The summed E-state index contributed by atoms with van der Waals surface area (Å²) in [6.45, 7) is 5.67. The molecule has 2 aromatic carbocycles. The molecule has 8 heteroatoms. The standard InChI is InChI=1S/C25H22ClN3O3S/c1-4-33(30,31)20-9-5-8-18(13-20)32-19-10-11-22(26)21(14-19)24-23(16(2)3)28-25-17(15-27)7-6-12-29(24)25/h5-14,16H,4H2,1-3H3. The number of aromatic nitrogens is 2. The summed E-state index contributed by atoms with van der Waals surface area (Å²) in [5, 5.41) is 10.0. The number of hydrogen-bond donors (Lipinski definition) is 0. The second kappa shape index (κ2) is 8.89. The molecule has 0 aliphatic rings. The van der Waals surface area contributed by atoms with Crippen molar-refractivity contribution in [1.29, 1.82) is 5.26 Å². The molecule has 168 valence electrons. The van der Waals surface area contributed by atoms with Crippen LogP contribution in [0.15, 0.2) is 65.7 Å². The van der Waals surface area contributed by atoms with Gasteiger partial charge in [-0.3, -0.25) is 4.40 Å². The van der Waals surface area contributed by atoms with Crippen LogP contribution < -0.4 is 4.74 Å². The summed E-state index contributed by atoms with van der Waals surface area (Å²) in [6.07, 6.45) is 1.85. The zero-order chi connectivity index (χ0) is 23.8. The first kappa shape index (κ1) is 22.8. The zero-order valence-corrected chi connectivity index (χ0v) is 20.0. The first-order valence-corrected chi connectivity index (χ1v) is 12.5. The molecule has 4 aromatic rings. The van der Waals surface area contributed by atoms with Gasteiger partial charge in [0.25, 0.3) is 0 Å². The Hall–Kier alpha value is -3.34. The molecule has 0 aliphatic carbocycles. The van der Waals surface area contributed by atoms with E-state index in [1.807, 2.05) is 24.4 Å². The van der Waals surface area contributed by atoms with Gasteiger partial charge in [0.05, 0.1) is 32.6 Å². The highest BCUT2D eigenvalue weighted by Crippen LogP contribution is 2.38. The summed E-state index contributed by atoms with van der Waals surface area (Å²) in [4.78, 5) is 4.95. The third-order valence-electron chi connectivity index (χ3n) is 5.32. The van der Waals surface area contributed by atoms with Crippen molar-refractivity contribution < 1.29 is 13.2 Å². The molecule has 0 atom stereocenters. The number of benzene rings is 2. The van der Waals surface area contributed by atoms with Gasteiger partial charge in [0.1, 0.15) is 17.6 Å². The average molecular weight is 480 g/mol. The van der Waals surface area contributed by atoms with Crippen LogP contribution in [-0.2, 0) is 9.84 Å². The first-order valence-electron chi connectivity index (χ1n) is 10.5. The van der Waals surface area contributed by atoms with E-state index in [4.69, 9.17) is 21.3 Å². The Morgan fingerprint density at radius 3 is 2.58 bits per heavy atom. The van der Waals surface area contributed by atoms with E-state index in [0.717, 1.165) is 11.4 Å². The van der Waals surface area contributed by atoms with Gasteiger partial charge in [-0.1, -0.05) is 38.4 Å². The van der Waals surface area contributed by atoms with Crippen molar-refractivity contribution in [3.05, 3.63) is 77.1 Å². The van der Waals surface area contributed by atoms with Crippen LogP contribution in [0.2, 0.25) is 5.02 Å². The van der Waals surface area contributed by atoms with Crippen LogP contribution in [0.3, 0.4) is 0 Å². The fourth-order valence-electron chi connectivity index (χ4n) is 3.63. The van der Waals surface area contributed by atoms with Gasteiger partial charge in [-0.05, 0) is 54.4 Å². The van der Waals surface area contributed by atoms with E-state index in [1.54, 1.807) is 55.5 Å². The number of imidazole rings is 1. The van der Waals surface area contributed by atoms with Gasteiger partial charge >= 0.3 is 0 Å². The third kappa shape index (κ3) is 4.32. The molecule has 0 bridgehead atoms. The van der Waals surface area contributed by atoms with Crippen LogP contribution in [0.25, 0.3) is 16.9 Å². The smallest absolute Gasteiger partial charge is 0.178 e. The molecule has 0 fully saturated rings. The van der Waals surface area contributed by atoms with Crippen molar-refractivity contribution in [2.75, 3.05) is 5.75 Å². The maximum absolute atomic E-state index is 12.2. The maximum atomic E-state index is 12.2. The van der Waals surface area contributed by atoms with Gasteiger partial charge < -0.3 is 4.74 Å². The van der Waals surface area contributed by atoms with Crippen LogP contribution >= 0.6 is 11.6 Å². The SMILES string of the molecule is CCS(=O)(=O)c1cccc(Oc2ccc(Cl)c(-c3c(C(C)C)nc4c(C#N)cccn34)c2)c1. The van der Waals surface area contributed by atoms with E-state index in [1.165, 1.54) is 6.07 Å². The minimum absolute atomic E-state index is 0.0124. The molecule has 0 saturated heterocycles. The second-order valence-corrected chi connectivity index (χ2v) is 10.5. The van der Waals surface area contributed by atoms with Crippen molar-refractivity contribution in [2.45, 2.75) is 31.6 Å². The van der Waals surface area contributed by atoms with E-state index in [0.29, 0.717) is 33.3 Å². The Labute approximate surface area is 198 Å². The lowest BCUT2D eigenvalue weighted by molar-refractivity contribution is 0.481. The highest BCUT2D eigenvalue weighted by atomic mass is 35.5. The normalized spacial score (nSPS) is 11.6. The Kier molecular flexibility index (Phi) is 6.15. The molecule has 0 aliphatic heterocycles. The topological polar surface area (TPSA) is 84.5 Å². The van der Waals surface area contributed by atoms with Crippen LogP contribution in [0.5, 0.6) is 11.5 Å². The van der Waals surface area contributed by atoms with Gasteiger partial charge in [0.15, 0.2) is 15.5 Å². The second-order valence-electron chi connectivity index (χ2n) is 7.85. The van der Waals surface area contributed by atoms with E-state index < -0.39 is 9.84 Å². The van der Waals surface area contributed by atoms with Gasteiger partial charge in [-0.15, -0.1) is 0 Å². The number of nitrogens with zero attached hydrogens (tertiary/aromatic N) is 3. The van der Waals surface area contributed by atoms with E-state index in [-0.39, 0.29) is 16.6 Å². The predicted octanol–water partition coefficient (Wildman–Crippen LogP) is 6.24. The van der Waals surface area contributed by atoms with E-state index >= 15 is 0 Å². The monoisotopic (exact) mass is 479 g/mol. The molecule has 2 heterocycles. The van der Waals surface area contributed by atoms with Crippen LogP contribution in [0, 0.1) is 11.3 Å². The van der Waals surface area contributed by atoms with Gasteiger partial charge in [-0.2, -0.15) is 5.26 Å². The number of ether oxygens (including phenoxy) is 1. The van der Waals surface area contributed by atoms with Crippen LogP contribution in [0.4, 0.5) is 0 Å². The quantitative estimate of drug-likeness (QED) is 0.327. The highest BCUT2D eigenvalue weighted by Gasteiger charge is 2.21. The largest absolute Gasteiger partial charge is 0.457 e. The number of hydrogen-bond acceptors (Lipinski definition) is 5. The van der Waals surface area contributed by atoms with Gasteiger partial charge in [0.2, 0.25) is 0 Å². The Morgan fingerprint density at radius 2 is 1.88 bits per heavy atom. The fraction of sp³-hybridized carbons (Fsp3) is 0.200. The number of sulfone groups is 1. The molecule has 0 N–H and O–H groups in total. The van der Waals surface area contributed by atoms with Crippen molar-refractivity contribution in [2.24, 2.45) is 0 Å². The lowest BCUT2D eigenvalue weighted by atomic mass is 10.0. The Morgan fingerprint density at radius 1 is 1.12 bits per heavy atom. The fourth-order valence-corrected chi connectivity index (χ4v) is 4.75. The van der Waals surface area contributed by atoms with Crippen LogP contribution in [0.1, 0.15) is 37.9 Å². The molecule has 4 rings (SSSR count). The predicted molar refractivity (Wildman–Crippen MR) is 129 cm³/mol. The molecular formula is C25H22ClN3O3S. The van der Waals surface area contributed by atoms with E-state index in [2.05, 4.69) is 6.07 Å². The molecule has 33 heavy (non-hydrogen) atoms. The summed E-state index contributed by atoms with van der Waals surface area (Å²) in [5.41, 5.74) is 3.35. The maximum Gasteiger partial charge on any atom is 0.178 e. The minimum Gasteiger partial charge on any atom is -0.457 e. The van der Waals surface area contributed by atoms with Gasteiger partial charge in [-0.25, -0.2) is 13.4 Å².